The lowest BCUT2D eigenvalue weighted by molar-refractivity contribution is -0.184. The summed E-state index contributed by atoms with van der Waals surface area (Å²) in [6.07, 6.45) is 8.11. The predicted molar refractivity (Wildman–Crippen MR) is 144 cm³/mol. The summed E-state index contributed by atoms with van der Waals surface area (Å²) >= 11 is 0. The Kier molecular flexibility index (Phi) is 7.74. The van der Waals surface area contributed by atoms with Crippen molar-refractivity contribution >= 4 is 23.4 Å². The third-order valence-electron chi connectivity index (χ3n) is 10.7. The number of hydrogen-bond donors (Lipinski definition) is 3. The second-order valence-electron chi connectivity index (χ2n) is 12.7. The molecule has 216 valence electrons. The first-order valence-corrected chi connectivity index (χ1v) is 14.5. The van der Waals surface area contributed by atoms with Gasteiger partial charge < -0.3 is 20.3 Å². The maximum atomic E-state index is 13.4. The zero-order valence-electron chi connectivity index (χ0n) is 23.4. The number of ether oxygens (including phenoxy) is 1. The molecule has 1 aromatic heterocycles. The van der Waals surface area contributed by atoms with E-state index in [4.69, 9.17) is 4.74 Å². The molecule has 9 heteroatoms. The molecule has 4 aliphatic carbocycles. The Morgan fingerprint density at radius 2 is 1.85 bits per heavy atom. The van der Waals surface area contributed by atoms with Crippen LogP contribution in [0.4, 0.5) is 0 Å². The first kappa shape index (κ1) is 28.6. The van der Waals surface area contributed by atoms with E-state index >= 15 is 0 Å². The molecule has 0 bridgehead atoms. The van der Waals surface area contributed by atoms with Gasteiger partial charge in [0.1, 0.15) is 5.60 Å². The Bertz CT molecular complexity index is 1220. The smallest absolute Gasteiger partial charge is 0.306 e. The molecule has 3 N–H and O–H groups in total. The predicted octanol–water partition coefficient (Wildman–Crippen LogP) is 2.82. The third kappa shape index (κ3) is 4.91. The van der Waals surface area contributed by atoms with E-state index in [1.807, 2.05) is 6.92 Å². The van der Waals surface area contributed by atoms with Crippen LogP contribution in [0.1, 0.15) is 77.2 Å². The average molecular weight is 553 g/mol. The molecule has 5 rings (SSSR count). The van der Waals surface area contributed by atoms with Gasteiger partial charge in [0, 0.05) is 37.2 Å². The minimum Gasteiger partial charge on any atom is -0.458 e. The van der Waals surface area contributed by atoms with Gasteiger partial charge >= 0.3 is 5.97 Å². The lowest BCUT2D eigenvalue weighted by Gasteiger charge is -2.60. The number of aliphatic hydroxyl groups is 2. The zero-order chi connectivity index (χ0) is 28.7. The van der Waals surface area contributed by atoms with Crippen LogP contribution in [-0.4, -0.2) is 57.0 Å². The number of hydrogen-bond acceptors (Lipinski definition) is 8. The van der Waals surface area contributed by atoms with Gasteiger partial charge in [0.25, 0.3) is 0 Å². The summed E-state index contributed by atoms with van der Waals surface area (Å²) in [7, 11) is 0. The van der Waals surface area contributed by atoms with E-state index in [9.17, 15) is 29.4 Å². The van der Waals surface area contributed by atoms with E-state index in [-0.39, 0.29) is 60.5 Å². The van der Waals surface area contributed by atoms with Gasteiger partial charge in [0.2, 0.25) is 11.7 Å². The SMILES string of the molecule is C[C@]12CCC(=O)C=C1CC[C@H]1[C@H]2[C@@H](O)C[C@@]2(C)[C@H]1CC[C@]2(O)C(=O)COC(=O)CCC(=O)NCc1ccncc1. The number of pyridine rings is 1. The largest absolute Gasteiger partial charge is 0.458 e. The molecular weight excluding hydrogens is 512 g/mol. The number of carbonyl (C=O) groups is 4. The lowest BCUT2D eigenvalue weighted by atomic mass is 9.45. The molecule has 7 atom stereocenters. The fraction of sp³-hybridized carbons (Fsp3) is 0.645. The van der Waals surface area contributed by atoms with E-state index in [1.54, 1.807) is 30.6 Å². The summed E-state index contributed by atoms with van der Waals surface area (Å²) in [4.78, 5) is 53.8. The summed E-state index contributed by atoms with van der Waals surface area (Å²) in [5.41, 5.74) is -0.768. The zero-order valence-corrected chi connectivity index (χ0v) is 23.4. The molecule has 0 aromatic carbocycles. The highest BCUT2D eigenvalue weighted by molar-refractivity contribution is 5.92. The Morgan fingerprint density at radius 3 is 2.60 bits per heavy atom. The number of nitrogens with one attached hydrogen (secondary N) is 1. The van der Waals surface area contributed by atoms with Crippen LogP contribution < -0.4 is 5.32 Å². The van der Waals surface area contributed by atoms with Gasteiger partial charge in [-0.05, 0) is 85.5 Å². The molecule has 0 saturated heterocycles. The molecule has 4 aliphatic rings. The van der Waals surface area contributed by atoms with Crippen LogP contribution in [-0.2, 0) is 30.5 Å². The van der Waals surface area contributed by atoms with Crippen LogP contribution in [0.25, 0.3) is 0 Å². The highest BCUT2D eigenvalue weighted by Gasteiger charge is 2.68. The van der Waals surface area contributed by atoms with Crippen LogP contribution in [0.15, 0.2) is 36.2 Å². The molecule has 0 radical (unpaired) electrons. The van der Waals surface area contributed by atoms with Crippen molar-refractivity contribution in [3.05, 3.63) is 41.7 Å². The van der Waals surface area contributed by atoms with Crippen molar-refractivity contribution in [1.82, 2.24) is 10.3 Å². The Balaban J connectivity index is 1.18. The minimum atomic E-state index is -1.70. The summed E-state index contributed by atoms with van der Waals surface area (Å²) in [5.74, 6) is -1.21. The Labute approximate surface area is 234 Å². The number of Topliss-reactive ketones (excluding diaryl/α,β-unsaturated/α-hetero) is 1. The fourth-order valence-electron chi connectivity index (χ4n) is 8.49. The Morgan fingerprint density at radius 1 is 1.10 bits per heavy atom. The Hall–Kier alpha value is -2.91. The van der Waals surface area contributed by atoms with Crippen LogP contribution in [0.5, 0.6) is 0 Å². The fourth-order valence-corrected chi connectivity index (χ4v) is 8.49. The molecule has 9 nitrogen and oxygen atoms in total. The minimum absolute atomic E-state index is 0.0151. The molecule has 1 heterocycles. The number of amides is 1. The maximum absolute atomic E-state index is 13.4. The monoisotopic (exact) mass is 552 g/mol. The van der Waals surface area contributed by atoms with Gasteiger partial charge in [-0.2, -0.15) is 0 Å². The second kappa shape index (κ2) is 10.8. The number of rotatable bonds is 8. The average Bonchev–Trinajstić information content (AvgIpc) is 3.20. The summed E-state index contributed by atoms with van der Waals surface area (Å²) < 4.78 is 5.21. The van der Waals surface area contributed by atoms with E-state index < -0.39 is 35.5 Å². The van der Waals surface area contributed by atoms with Crippen molar-refractivity contribution in [2.24, 2.45) is 28.6 Å². The van der Waals surface area contributed by atoms with Gasteiger partial charge in [0.15, 0.2) is 12.4 Å². The normalized spacial score (nSPS) is 36.5. The van der Waals surface area contributed by atoms with E-state index in [0.29, 0.717) is 19.4 Å². The van der Waals surface area contributed by atoms with Crippen molar-refractivity contribution < 1.29 is 34.1 Å². The van der Waals surface area contributed by atoms with Crippen molar-refractivity contribution in [3.8, 4) is 0 Å². The van der Waals surface area contributed by atoms with Crippen LogP contribution >= 0.6 is 0 Å². The lowest BCUT2D eigenvalue weighted by Crippen LogP contribution is -2.62. The highest BCUT2D eigenvalue weighted by atomic mass is 16.5. The molecule has 3 saturated carbocycles. The van der Waals surface area contributed by atoms with E-state index in [2.05, 4.69) is 17.2 Å². The molecule has 3 fully saturated rings. The number of carbonyl (C=O) groups excluding carboxylic acids is 4. The molecule has 1 amide bonds. The highest BCUT2D eigenvalue weighted by Crippen LogP contribution is 2.67. The molecule has 0 spiro atoms. The number of aromatic nitrogens is 1. The summed E-state index contributed by atoms with van der Waals surface area (Å²) in [6, 6.07) is 3.57. The van der Waals surface area contributed by atoms with Gasteiger partial charge in [-0.3, -0.25) is 24.2 Å². The number of esters is 1. The summed E-state index contributed by atoms with van der Waals surface area (Å²) in [5, 5.41) is 26.0. The number of nitrogens with zero attached hydrogens (tertiary/aromatic N) is 1. The summed E-state index contributed by atoms with van der Waals surface area (Å²) in [6.45, 7) is 3.83. The van der Waals surface area contributed by atoms with Crippen molar-refractivity contribution in [2.45, 2.75) is 89.9 Å². The van der Waals surface area contributed by atoms with Crippen LogP contribution in [0, 0.1) is 28.6 Å². The maximum Gasteiger partial charge on any atom is 0.306 e. The molecule has 40 heavy (non-hydrogen) atoms. The standard InChI is InChI=1S/C31H40N2O7/c1-29-11-7-21(34)15-20(29)3-4-22-23-8-12-31(39,30(23,2)16-24(35)28(22)29)25(36)18-40-27(38)6-5-26(37)33-17-19-9-13-32-14-10-19/h9-10,13-15,22-24,28,35,39H,3-8,11-12,16-18H2,1-2H3,(H,33,37)/t22-,23+,24+,28+,29+,30+,31+/m1/s1. The molecule has 1 aromatic rings. The molecular formula is C31H40N2O7. The third-order valence-corrected chi connectivity index (χ3v) is 10.7. The number of fused-ring (bicyclic) bond motifs is 5. The first-order chi connectivity index (χ1) is 19.0. The van der Waals surface area contributed by atoms with E-state index in [0.717, 1.165) is 30.4 Å². The number of aliphatic hydroxyl groups excluding tert-OH is 1. The van der Waals surface area contributed by atoms with Crippen molar-refractivity contribution in [1.29, 1.82) is 0 Å². The number of ketones is 2. The van der Waals surface area contributed by atoms with Crippen molar-refractivity contribution in [3.63, 3.8) is 0 Å². The quantitative estimate of drug-likeness (QED) is 0.418. The van der Waals surface area contributed by atoms with Gasteiger partial charge in [-0.25, -0.2) is 0 Å². The van der Waals surface area contributed by atoms with Crippen molar-refractivity contribution in [2.75, 3.05) is 6.61 Å². The second-order valence-corrected chi connectivity index (χ2v) is 12.7. The topological polar surface area (TPSA) is 143 Å². The first-order valence-electron chi connectivity index (χ1n) is 14.5. The molecule has 0 unspecified atom stereocenters. The van der Waals surface area contributed by atoms with Gasteiger partial charge in [0.05, 0.1) is 12.5 Å². The van der Waals surface area contributed by atoms with Gasteiger partial charge in [-0.15, -0.1) is 0 Å². The van der Waals surface area contributed by atoms with Gasteiger partial charge in [-0.1, -0.05) is 19.4 Å². The van der Waals surface area contributed by atoms with Crippen LogP contribution in [0.2, 0.25) is 0 Å². The van der Waals surface area contributed by atoms with Crippen LogP contribution in [0.3, 0.4) is 0 Å². The van der Waals surface area contributed by atoms with E-state index in [1.165, 1.54) is 0 Å². The molecule has 0 aliphatic heterocycles. The number of allylic oxidation sites excluding steroid dienone is 1.